The number of hydrogen-bond acceptors (Lipinski definition) is 36. The summed E-state index contributed by atoms with van der Waals surface area (Å²) in [6.07, 6.45) is 2.90. The average molecular weight is 1520 g/mol. The molecule has 0 amide bonds. The second-order valence-corrected chi connectivity index (χ2v) is 25.1. The van der Waals surface area contributed by atoms with E-state index in [9.17, 15) is 33.6 Å². The number of aryl methyl sites for hydroxylation is 3. The number of aliphatic hydroxyl groups is 6. The number of fused-ring (bicyclic) bond motifs is 3. The van der Waals surface area contributed by atoms with E-state index in [0.717, 1.165) is 0 Å². The molecular weight excluding hydrogens is 1440 g/mol. The zero-order valence-corrected chi connectivity index (χ0v) is 60.5. The van der Waals surface area contributed by atoms with E-state index in [1.54, 1.807) is 39.0 Å². The van der Waals surface area contributed by atoms with Crippen LogP contribution >= 0.6 is 0 Å². The predicted molar refractivity (Wildman–Crippen MR) is 389 cm³/mol. The first-order valence-electron chi connectivity index (χ1n) is 34.2. The van der Waals surface area contributed by atoms with Crippen LogP contribution in [0.15, 0.2) is 101 Å². The van der Waals surface area contributed by atoms with Crippen molar-refractivity contribution in [2.24, 2.45) is 15.0 Å². The summed E-state index contributed by atoms with van der Waals surface area (Å²) in [6, 6.07) is 11.5. The number of rotatable bonds is 23. The number of aliphatic hydroxyl groups excluding tert-OH is 6. The van der Waals surface area contributed by atoms with Crippen molar-refractivity contribution in [1.82, 2.24) is 76.2 Å². The molecule has 1 saturated heterocycles. The molecular formula is C71H81F3N22O14. The lowest BCUT2D eigenvalue weighted by molar-refractivity contribution is -0.158. The van der Waals surface area contributed by atoms with E-state index in [1.807, 2.05) is 0 Å². The minimum atomic E-state index is -1.21. The number of hydrogen-bond donors (Lipinski definition) is 13. The van der Waals surface area contributed by atoms with Gasteiger partial charge in [-0.25, -0.2) is 79.5 Å². The van der Waals surface area contributed by atoms with Crippen molar-refractivity contribution in [3.8, 4) is 51.4 Å². The van der Waals surface area contributed by atoms with E-state index in [2.05, 4.69) is 76.2 Å². The van der Waals surface area contributed by atoms with Crippen LogP contribution in [0.4, 0.5) is 36.8 Å². The Bertz CT molecular complexity index is 4870. The molecule has 6 unspecified atom stereocenters. The third-order valence-corrected chi connectivity index (χ3v) is 17.7. The molecule has 110 heavy (non-hydrogen) atoms. The van der Waals surface area contributed by atoms with Gasteiger partial charge in [0.05, 0.1) is 177 Å². The molecule has 36 nitrogen and oxygen atoms in total. The zero-order valence-electron chi connectivity index (χ0n) is 60.5. The minimum Gasteiger partial charge on any atom is -0.480 e. The molecule has 3 aromatic carbocycles. The molecule has 1 fully saturated rings. The number of nitrogens with one attached hydrogen (secondary N) is 3. The van der Waals surface area contributed by atoms with Gasteiger partial charge in [0.1, 0.15) is 42.4 Å². The van der Waals surface area contributed by atoms with Gasteiger partial charge in [-0.1, -0.05) is 18.2 Å². The zero-order chi connectivity index (χ0) is 78.4. The smallest absolute Gasteiger partial charge is 0.257 e. The molecule has 39 heteroatoms. The number of hydroxylamine groups is 3. The lowest BCUT2D eigenvalue weighted by Gasteiger charge is -2.26. The van der Waals surface area contributed by atoms with Crippen LogP contribution in [0.2, 0.25) is 0 Å². The molecule has 9 atom stereocenters. The van der Waals surface area contributed by atoms with Crippen molar-refractivity contribution < 1.29 is 82.0 Å². The van der Waals surface area contributed by atoms with E-state index in [0.29, 0.717) is 144 Å². The van der Waals surface area contributed by atoms with Gasteiger partial charge >= 0.3 is 0 Å². The highest BCUT2D eigenvalue weighted by molar-refractivity contribution is 6.02. The number of aromatic nitrogens is 12. The van der Waals surface area contributed by atoms with Gasteiger partial charge in [0.2, 0.25) is 29.6 Å². The summed E-state index contributed by atoms with van der Waals surface area (Å²) in [5.74, 6) is 0.863. The van der Waals surface area contributed by atoms with Gasteiger partial charge in [-0.2, -0.15) is 0 Å². The Morgan fingerprint density at radius 2 is 0.891 bits per heavy atom. The van der Waals surface area contributed by atoms with Crippen LogP contribution in [-0.4, -0.2) is 206 Å². The molecule has 0 radical (unpaired) electrons. The number of amidine groups is 3. The van der Waals surface area contributed by atoms with Gasteiger partial charge in [0.15, 0.2) is 29.6 Å². The Kier molecular flexibility index (Phi) is 26.1. The molecule has 13 rings (SSSR count). The number of nitrogens with zero attached hydrogens (tertiary/aromatic N) is 15. The number of nitrogens with two attached hydrogens (primary N) is 4. The molecule has 10 heterocycles. The van der Waals surface area contributed by atoms with Crippen molar-refractivity contribution >= 4 is 41.2 Å². The fourth-order valence-electron chi connectivity index (χ4n) is 12.4. The van der Waals surface area contributed by atoms with Gasteiger partial charge in [0.25, 0.3) is 5.88 Å². The molecule has 4 aliphatic rings. The standard InChI is InChI=1S/C25H28FN7O6.C23H27FN8O4.C23H26FN7O4/c1-11-20-16(32-25(27)29-11)7-15(31-23(20)33-38-10-18-21(34)22(35)24(37-3)39-18)13-5-4-12(26)6-14(13)17-8-28-9-19(30-17)36-2;1-11-19-17(31-23(26)28-11)8-16(29-21(19)32-36-6-5-13(34)10-33)14-4-3-12(24)7-15(14)18-9-27-20(25)22(30-18)35-2;1-12-21-18(30-23(25)27-12)8-17(29-22(21)31-35-6-5-14(33)11-32)15-4-3-13(24)7-16(15)19-9-26-10-20(28-19)34-2/h4-6,8-9,15,18,21-22,24,34-35H,7,10H2,1-3H3,(H,31,33)(H2,27,29,32);3-4,7,9,13,16,33-34H,5-6,8,10H2,1-2H3,(H2,25,27)(H,29,32)(H2,26,28,31);3-4,7,9-10,14,17,32-33H,5-6,8,11H2,1-2H3,(H,29,31)(H2,25,27,30)/t15-,18?,21?,22?,24?;13?,16-;14?,17-/m111/s1. The molecule has 0 spiro atoms. The summed E-state index contributed by atoms with van der Waals surface area (Å²) < 4.78 is 69.1. The summed E-state index contributed by atoms with van der Waals surface area (Å²) in [4.78, 5) is 82.7. The quantitative estimate of drug-likeness (QED) is 0.0323. The third-order valence-electron chi connectivity index (χ3n) is 17.7. The number of benzene rings is 3. The number of aliphatic imine (C=N–C) groups is 3. The molecule has 580 valence electrons. The second-order valence-electron chi connectivity index (χ2n) is 25.1. The molecule has 4 aliphatic heterocycles. The van der Waals surface area contributed by atoms with Crippen LogP contribution in [-0.2, 0) is 43.2 Å². The molecule has 0 saturated carbocycles. The maximum absolute atomic E-state index is 14.4. The minimum absolute atomic E-state index is 0.104. The Hall–Kier alpha value is -11.5. The topological polar surface area (TPSA) is 527 Å². The van der Waals surface area contributed by atoms with Crippen LogP contribution in [0, 0.1) is 38.2 Å². The first-order valence-corrected chi connectivity index (χ1v) is 34.2. The largest absolute Gasteiger partial charge is 0.480 e. The lowest BCUT2D eigenvalue weighted by Crippen LogP contribution is -2.38. The summed E-state index contributed by atoms with van der Waals surface area (Å²) in [7, 11) is 5.74. The highest BCUT2D eigenvalue weighted by atomic mass is 19.1. The number of methoxy groups -OCH3 is 4. The van der Waals surface area contributed by atoms with E-state index in [1.165, 1.54) is 95.8 Å². The van der Waals surface area contributed by atoms with Gasteiger partial charge in [0, 0.05) is 55.9 Å². The first-order chi connectivity index (χ1) is 53.0. The number of ether oxygens (including phenoxy) is 5. The predicted octanol–water partition coefficient (Wildman–Crippen LogP) is 2.77. The van der Waals surface area contributed by atoms with Crippen LogP contribution in [0.3, 0.4) is 0 Å². The normalized spacial score (nSPS) is 18.8. The monoisotopic (exact) mass is 1520 g/mol. The van der Waals surface area contributed by atoms with Gasteiger partial charge < -0.3 is 77.3 Å². The van der Waals surface area contributed by atoms with Crippen LogP contribution in [0.25, 0.3) is 33.8 Å². The van der Waals surface area contributed by atoms with E-state index < -0.39 is 72.4 Å². The van der Waals surface area contributed by atoms with Crippen molar-refractivity contribution in [1.29, 1.82) is 0 Å². The SMILES string of the molecule is COc1cncc(-c2cc(F)ccc2[C@H]2Cc3nc(N)nc(C)c3C(NOCC3OC(OC)C(O)C3O)=N2)n1.COc1cncc(-c2cc(F)ccc2[C@H]2Cc3nc(N)nc(C)c3C(NOCCC(O)CO)=N2)n1.COc1nc(-c2cc(F)ccc2[C@H]2Cc3nc(N)nc(C)c3C(NOCCC(O)CO)=N2)cnc1N. The van der Waals surface area contributed by atoms with Gasteiger partial charge in [-0.3, -0.25) is 39.5 Å². The van der Waals surface area contributed by atoms with Crippen molar-refractivity contribution in [2.45, 2.75) is 108 Å². The fourth-order valence-corrected chi connectivity index (χ4v) is 12.4. The molecule has 6 aromatic heterocycles. The molecule has 0 aliphatic carbocycles. The van der Waals surface area contributed by atoms with E-state index >= 15 is 0 Å². The highest BCUT2D eigenvalue weighted by Crippen LogP contribution is 2.40. The number of anilines is 4. The Balaban J connectivity index is 0.000000164. The number of halogens is 3. The first kappa shape index (κ1) is 79.5. The molecule has 9 aromatic rings. The number of nitrogen functional groups attached to an aromatic ring is 4. The fraction of sp³-hybridized carbons (Fsp3) is 0.366. The van der Waals surface area contributed by atoms with E-state index in [-0.39, 0.29) is 81.3 Å². The van der Waals surface area contributed by atoms with Crippen LogP contribution in [0.5, 0.6) is 17.6 Å². The lowest BCUT2D eigenvalue weighted by atomic mass is 9.91. The summed E-state index contributed by atoms with van der Waals surface area (Å²) in [5.41, 5.74) is 42.3. The maximum Gasteiger partial charge on any atom is 0.257 e. The Morgan fingerprint density at radius 3 is 1.25 bits per heavy atom. The van der Waals surface area contributed by atoms with E-state index in [4.69, 9.17) is 86.3 Å². The van der Waals surface area contributed by atoms with Gasteiger partial charge in [-0.05, 0) is 73.9 Å². The van der Waals surface area contributed by atoms with Gasteiger partial charge in [-0.15, -0.1) is 0 Å². The maximum atomic E-state index is 14.4. The highest BCUT2D eigenvalue weighted by Gasteiger charge is 2.43. The Labute approximate surface area is 626 Å². The Morgan fingerprint density at radius 1 is 0.500 bits per heavy atom. The summed E-state index contributed by atoms with van der Waals surface area (Å²) >= 11 is 0. The van der Waals surface area contributed by atoms with Crippen molar-refractivity contribution in [3.05, 3.63) is 171 Å². The van der Waals surface area contributed by atoms with Crippen molar-refractivity contribution in [2.75, 3.05) is 84.4 Å². The average Bonchev–Trinajstić information content (AvgIpc) is 0.978. The van der Waals surface area contributed by atoms with Crippen LogP contribution < -0.4 is 53.6 Å². The van der Waals surface area contributed by atoms with Crippen LogP contribution in [0.1, 0.15) is 98.5 Å². The molecule has 0 bridgehead atoms. The summed E-state index contributed by atoms with van der Waals surface area (Å²) in [5, 5.41) is 57.3. The third kappa shape index (κ3) is 18.8. The molecule has 17 N–H and O–H groups in total. The van der Waals surface area contributed by atoms with Crippen molar-refractivity contribution in [3.63, 3.8) is 0 Å². The summed E-state index contributed by atoms with van der Waals surface area (Å²) in [6.45, 7) is 4.72. The second kappa shape index (κ2) is 36.1.